The van der Waals surface area contributed by atoms with Crippen LogP contribution in [0.1, 0.15) is 12.5 Å². The van der Waals surface area contributed by atoms with Crippen molar-refractivity contribution in [2.24, 2.45) is 0 Å². The molecule has 0 amide bonds. The van der Waals surface area contributed by atoms with E-state index in [1.165, 1.54) is 18.5 Å². The standard InChI is InChI=1S/C13H11F3N2OS/c1-2-8-11(17-7-18-12(8)20)9-5-3-4-6-10(9)19-13(14,15)16/h3-7H,2H2,1H3,(H,17,18,20). The van der Waals surface area contributed by atoms with Crippen LogP contribution in [-0.2, 0) is 6.42 Å². The Bertz CT molecular complexity index is 667. The lowest BCUT2D eigenvalue weighted by atomic mass is 10.0. The average Bonchev–Trinajstić information content (AvgIpc) is 2.37. The molecule has 0 fully saturated rings. The fraction of sp³-hybridized carbons (Fsp3) is 0.231. The Labute approximate surface area is 118 Å². The Hall–Kier alpha value is -1.89. The number of benzene rings is 1. The summed E-state index contributed by atoms with van der Waals surface area (Å²) < 4.78 is 41.7. The zero-order valence-corrected chi connectivity index (χ0v) is 11.3. The molecule has 0 saturated carbocycles. The summed E-state index contributed by atoms with van der Waals surface area (Å²) in [6.45, 7) is 1.86. The number of ether oxygens (including phenoxy) is 1. The number of nitrogens with zero attached hydrogens (tertiary/aromatic N) is 1. The largest absolute Gasteiger partial charge is 0.573 e. The van der Waals surface area contributed by atoms with Gasteiger partial charge in [-0.15, -0.1) is 13.2 Å². The molecular weight excluding hydrogens is 289 g/mol. The zero-order chi connectivity index (χ0) is 14.8. The molecule has 0 spiro atoms. The molecule has 1 aromatic carbocycles. The first kappa shape index (κ1) is 14.5. The number of alkyl halides is 3. The summed E-state index contributed by atoms with van der Waals surface area (Å²) in [5, 5.41) is 0. The van der Waals surface area contributed by atoms with E-state index in [1.54, 1.807) is 12.1 Å². The minimum atomic E-state index is -4.74. The van der Waals surface area contributed by atoms with Gasteiger partial charge in [-0.25, -0.2) is 4.98 Å². The van der Waals surface area contributed by atoms with E-state index in [1.807, 2.05) is 6.92 Å². The molecule has 7 heteroatoms. The Morgan fingerprint density at radius 2 is 2.00 bits per heavy atom. The van der Waals surface area contributed by atoms with E-state index < -0.39 is 6.36 Å². The maximum atomic E-state index is 12.4. The minimum Gasteiger partial charge on any atom is -0.405 e. The van der Waals surface area contributed by atoms with Crippen molar-refractivity contribution in [3.63, 3.8) is 0 Å². The third-order valence-electron chi connectivity index (χ3n) is 2.69. The lowest BCUT2D eigenvalue weighted by Gasteiger charge is -2.14. The van der Waals surface area contributed by atoms with Crippen molar-refractivity contribution in [2.75, 3.05) is 0 Å². The van der Waals surface area contributed by atoms with Crippen LogP contribution in [0.25, 0.3) is 11.3 Å². The molecule has 106 valence electrons. The molecule has 0 aliphatic rings. The molecule has 2 rings (SSSR count). The molecule has 1 N–H and O–H groups in total. The molecule has 1 heterocycles. The van der Waals surface area contributed by atoms with Crippen molar-refractivity contribution in [2.45, 2.75) is 19.7 Å². The number of nitrogens with one attached hydrogen (secondary N) is 1. The van der Waals surface area contributed by atoms with Crippen LogP contribution >= 0.6 is 12.2 Å². The summed E-state index contributed by atoms with van der Waals surface area (Å²) in [6.07, 6.45) is -2.83. The van der Waals surface area contributed by atoms with E-state index >= 15 is 0 Å². The van der Waals surface area contributed by atoms with Crippen LogP contribution in [0.4, 0.5) is 13.2 Å². The smallest absolute Gasteiger partial charge is 0.405 e. The van der Waals surface area contributed by atoms with Gasteiger partial charge in [0.25, 0.3) is 0 Å². The maximum Gasteiger partial charge on any atom is 0.573 e. The molecule has 0 bridgehead atoms. The van der Waals surface area contributed by atoms with Crippen LogP contribution in [0.3, 0.4) is 0 Å². The van der Waals surface area contributed by atoms with E-state index in [9.17, 15) is 13.2 Å². The second kappa shape index (κ2) is 5.62. The summed E-state index contributed by atoms with van der Waals surface area (Å²) in [5.41, 5.74) is 1.48. The first-order chi connectivity index (χ1) is 9.42. The van der Waals surface area contributed by atoms with Crippen molar-refractivity contribution in [3.8, 4) is 17.0 Å². The number of H-pyrrole nitrogens is 1. The van der Waals surface area contributed by atoms with E-state index in [-0.39, 0.29) is 5.75 Å². The van der Waals surface area contributed by atoms with Crippen LogP contribution < -0.4 is 4.74 Å². The summed E-state index contributed by atoms with van der Waals surface area (Å²) in [6, 6.07) is 5.92. The monoisotopic (exact) mass is 300 g/mol. The predicted octanol–water partition coefficient (Wildman–Crippen LogP) is 4.27. The summed E-state index contributed by atoms with van der Waals surface area (Å²) >= 11 is 5.10. The van der Waals surface area contributed by atoms with E-state index in [2.05, 4.69) is 14.7 Å². The molecule has 0 aliphatic heterocycles. The Morgan fingerprint density at radius 1 is 1.30 bits per heavy atom. The topological polar surface area (TPSA) is 37.9 Å². The first-order valence-corrected chi connectivity index (χ1v) is 6.25. The molecule has 0 radical (unpaired) electrons. The highest BCUT2D eigenvalue weighted by atomic mass is 32.1. The highest BCUT2D eigenvalue weighted by Crippen LogP contribution is 2.34. The molecule has 0 aliphatic carbocycles. The van der Waals surface area contributed by atoms with Crippen LogP contribution in [-0.4, -0.2) is 16.3 Å². The SMILES string of the molecule is CCc1c(-c2ccccc2OC(F)(F)F)[nH]cnc1=S. The second-order valence-electron chi connectivity index (χ2n) is 3.96. The number of hydrogen-bond acceptors (Lipinski definition) is 3. The van der Waals surface area contributed by atoms with Gasteiger partial charge < -0.3 is 9.72 Å². The summed E-state index contributed by atoms with van der Waals surface area (Å²) in [7, 11) is 0. The number of aromatic nitrogens is 2. The van der Waals surface area contributed by atoms with E-state index in [4.69, 9.17) is 12.2 Å². The molecule has 0 saturated heterocycles. The van der Waals surface area contributed by atoms with Gasteiger partial charge in [0.2, 0.25) is 0 Å². The van der Waals surface area contributed by atoms with E-state index in [0.717, 1.165) is 0 Å². The number of para-hydroxylation sites is 1. The summed E-state index contributed by atoms with van der Waals surface area (Å²) in [4.78, 5) is 6.78. The van der Waals surface area contributed by atoms with Gasteiger partial charge in [0.15, 0.2) is 0 Å². The Kier molecular flexibility index (Phi) is 4.08. The van der Waals surface area contributed by atoms with Gasteiger partial charge in [-0.3, -0.25) is 0 Å². The van der Waals surface area contributed by atoms with Gasteiger partial charge in [-0.2, -0.15) is 0 Å². The van der Waals surface area contributed by atoms with Gasteiger partial charge in [-0.05, 0) is 18.6 Å². The molecule has 2 aromatic rings. The molecular formula is C13H11F3N2OS. The highest BCUT2D eigenvalue weighted by molar-refractivity contribution is 7.71. The fourth-order valence-electron chi connectivity index (χ4n) is 1.88. The summed E-state index contributed by atoms with van der Waals surface area (Å²) in [5.74, 6) is -0.272. The van der Waals surface area contributed by atoms with Crippen molar-refractivity contribution >= 4 is 12.2 Å². The minimum absolute atomic E-state index is 0.272. The van der Waals surface area contributed by atoms with Gasteiger partial charge >= 0.3 is 6.36 Å². The fourth-order valence-corrected chi connectivity index (χ4v) is 2.18. The van der Waals surface area contributed by atoms with Crippen molar-refractivity contribution in [1.82, 2.24) is 9.97 Å². The normalized spacial score (nSPS) is 11.4. The molecule has 0 unspecified atom stereocenters. The van der Waals surface area contributed by atoms with Crippen molar-refractivity contribution in [3.05, 3.63) is 40.8 Å². The van der Waals surface area contributed by atoms with Crippen molar-refractivity contribution in [1.29, 1.82) is 0 Å². The van der Waals surface area contributed by atoms with Crippen LogP contribution in [0, 0.1) is 4.64 Å². The third-order valence-corrected chi connectivity index (χ3v) is 3.04. The third kappa shape index (κ3) is 3.16. The van der Waals surface area contributed by atoms with Gasteiger partial charge in [0, 0.05) is 11.1 Å². The molecule has 20 heavy (non-hydrogen) atoms. The Balaban J connectivity index is 2.59. The number of hydrogen-bond donors (Lipinski definition) is 1. The molecule has 3 nitrogen and oxygen atoms in total. The van der Waals surface area contributed by atoms with Gasteiger partial charge in [0.1, 0.15) is 10.4 Å². The van der Waals surface area contributed by atoms with Crippen LogP contribution in [0.15, 0.2) is 30.6 Å². The Morgan fingerprint density at radius 3 is 2.65 bits per heavy atom. The average molecular weight is 300 g/mol. The first-order valence-electron chi connectivity index (χ1n) is 5.84. The van der Waals surface area contributed by atoms with Crippen LogP contribution in [0.2, 0.25) is 0 Å². The highest BCUT2D eigenvalue weighted by Gasteiger charge is 2.32. The predicted molar refractivity (Wildman–Crippen MR) is 70.9 cm³/mol. The molecule has 1 aromatic heterocycles. The number of aromatic amines is 1. The number of rotatable bonds is 3. The van der Waals surface area contributed by atoms with Gasteiger partial charge in [0.05, 0.1) is 12.0 Å². The quantitative estimate of drug-likeness (QED) is 0.860. The lowest BCUT2D eigenvalue weighted by Crippen LogP contribution is -2.17. The van der Waals surface area contributed by atoms with Crippen LogP contribution in [0.5, 0.6) is 5.75 Å². The second-order valence-corrected chi connectivity index (χ2v) is 4.35. The maximum absolute atomic E-state index is 12.4. The van der Waals surface area contributed by atoms with E-state index in [0.29, 0.717) is 27.9 Å². The zero-order valence-electron chi connectivity index (χ0n) is 10.5. The molecule has 0 atom stereocenters. The van der Waals surface area contributed by atoms with Crippen molar-refractivity contribution < 1.29 is 17.9 Å². The number of halogens is 3. The lowest BCUT2D eigenvalue weighted by molar-refractivity contribution is -0.274. The van der Waals surface area contributed by atoms with Gasteiger partial charge in [-0.1, -0.05) is 31.3 Å².